The van der Waals surface area contributed by atoms with Gasteiger partial charge in [-0.1, -0.05) is 12.1 Å². The Bertz CT molecular complexity index is 804. The maximum absolute atomic E-state index is 5.92. The number of methoxy groups -OCH3 is 2. The summed E-state index contributed by atoms with van der Waals surface area (Å²) in [7, 11) is 3.29. The molecule has 1 unspecified atom stereocenters. The Morgan fingerprint density at radius 1 is 1.09 bits per heavy atom. The highest BCUT2D eigenvalue weighted by atomic mass is 16.5. The van der Waals surface area contributed by atoms with Crippen molar-refractivity contribution in [3.05, 3.63) is 42.5 Å². The maximum Gasteiger partial charge on any atom is 0.141 e. The van der Waals surface area contributed by atoms with Crippen LogP contribution >= 0.6 is 0 Å². The molecule has 0 saturated heterocycles. The molecular weight excluding hydrogens is 290 g/mol. The average Bonchev–Trinajstić information content (AvgIpc) is 3.00. The quantitative estimate of drug-likeness (QED) is 0.785. The zero-order chi connectivity index (χ0) is 16.4. The first-order valence-electron chi connectivity index (χ1n) is 7.58. The summed E-state index contributed by atoms with van der Waals surface area (Å²) in [5.74, 6) is 2.33. The molecular formula is C18H21N3O2. The van der Waals surface area contributed by atoms with Crippen LogP contribution in [0.4, 0.5) is 0 Å². The number of hydrogen-bond donors (Lipinski definition) is 1. The Morgan fingerprint density at radius 2 is 1.74 bits per heavy atom. The number of nitrogens with zero attached hydrogens (tertiary/aromatic N) is 2. The molecule has 3 rings (SSSR count). The molecule has 0 aliphatic carbocycles. The van der Waals surface area contributed by atoms with Crippen molar-refractivity contribution in [1.29, 1.82) is 0 Å². The third kappa shape index (κ3) is 2.75. The summed E-state index contributed by atoms with van der Waals surface area (Å²) in [6, 6.07) is 14.0. The van der Waals surface area contributed by atoms with Gasteiger partial charge >= 0.3 is 0 Å². The average molecular weight is 311 g/mol. The van der Waals surface area contributed by atoms with Crippen LogP contribution in [0.25, 0.3) is 22.4 Å². The predicted molar refractivity (Wildman–Crippen MR) is 92.0 cm³/mol. The number of imidazole rings is 1. The van der Waals surface area contributed by atoms with Crippen LogP contribution in [0.15, 0.2) is 42.5 Å². The second kappa shape index (κ2) is 6.30. The monoisotopic (exact) mass is 311 g/mol. The fourth-order valence-corrected chi connectivity index (χ4v) is 2.74. The zero-order valence-electron chi connectivity index (χ0n) is 13.6. The Morgan fingerprint density at radius 3 is 2.35 bits per heavy atom. The largest absolute Gasteiger partial charge is 0.497 e. The maximum atomic E-state index is 5.92. The van der Waals surface area contributed by atoms with Gasteiger partial charge in [0.05, 0.1) is 25.3 Å². The van der Waals surface area contributed by atoms with E-state index < -0.39 is 0 Å². The SMILES string of the molecule is COc1cc(OC)cc(-c2nc3ccccc3n2C(C)CN)c1. The van der Waals surface area contributed by atoms with E-state index in [9.17, 15) is 0 Å². The van der Waals surface area contributed by atoms with E-state index in [1.807, 2.05) is 36.4 Å². The smallest absolute Gasteiger partial charge is 0.141 e. The van der Waals surface area contributed by atoms with E-state index in [2.05, 4.69) is 17.6 Å². The van der Waals surface area contributed by atoms with Gasteiger partial charge in [0.2, 0.25) is 0 Å². The Hall–Kier alpha value is -2.53. The normalized spacial score (nSPS) is 12.3. The van der Waals surface area contributed by atoms with Crippen molar-refractivity contribution < 1.29 is 9.47 Å². The number of hydrogen-bond acceptors (Lipinski definition) is 4. The molecule has 1 atom stereocenters. The summed E-state index contributed by atoms with van der Waals surface area (Å²) < 4.78 is 12.9. The van der Waals surface area contributed by atoms with E-state index in [1.165, 1.54) is 0 Å². The molecule has 23 heavy (non-hydrogen) atoms. The van der Waals surface area contributed by atoms with Crippen LogP contribution in [-0.2, 0) is 0 Å². The molecule has 5 nitrogen and oxygen atoms in total. The first-order chi connectivity index (χ1) is 11.2. The molecule has 0 bridgehead atoms. The Balaban J connectivity index is 2.27. The minimum Gasteiger partial charge on any atom is -0.497 e. The van der Waals surface area contributed by atoms with E-state index >= 15 is 0 Å². The molecule has 0 amide bonds. The molecule has 0 saturated carbocycles. The van der Waals surface area contributed by atoms with E-state index in [0.717, 1.165) is 33.9 Å². The van der Waals surface area contributed by atoms with Crippen LogP contribution in [0.1, 0.15) is 13.0 Å². The highest BCUT2D eigenvalue weighted by Gasteiger charge is 2.17. The second-order valence-corrected chi connectivity index (χ2v) is 5.48. The number of para-hydroxylation sites is 2. The topological polar surface area (TPSA) is 62.3 Å². The number of rotatable bonds is 5. The van der Waals surface area contributed by atoms with Crippen LogP contribution in [0.3, 0.4) is 0 Å². The molecule has 2 aromatic carbocycles. The molecule has 120 valence electrons. The standard InChI is InChI=1S/C18H21N3O2/c1-12(11-19)21-17-7-5-4-6-16(17)20-18(21)13-8-14(22-2)10-15(9-13)23-3/h4-10,12H,11,19H2,1-3H3. The van der Waals surface area contributed by atoms with Gasteiger partial charge in [-0.15, -0.1) is 0 Å². The molecule has 3 aromatic rings. The Labute approximate surface area is 135 Å². The van der Waals surface area contributed by atoms with Crippen molar-refractivity contribution >= 4 is 11.0 Å². The van der Waals surface area contributed by atoms with Crippen LogP contribution in [0, 0.1) is 0 Å². The molecule has 0 aliphatic rings. The summed E-state index contributed by atoms with van der Waals surface area (Å²) in [5.41, 5.74) is 8.88. The van der Waals surface area contributed by atoms with E-state index in [-0.39, 0.29) is 6.04 Å². The van der Waals surface area contributed by atoms with Gasteiger partial charge in [-0.25, -0.2) is 4.98 Å². The molecule has 5 heteroatoms. The highest BCUT2D eigenvalue weighted by molar-refractivity contribution is 5.81. The molecule has 0 aliphatic heterocycles. The second-order valence-electron chi connectivity index (χ2n) is 5.48. The summed E-state index contributed by atoms with van der Waals surface area (Å²) in [6.07, 6.45) is 0. The third-order valence-corrected chi connectivity index (χ3v) is 3.99. The molecule has 0 fully saturated rings. The number of fused-ring (bicyclic) bond motifs is 1. The lowest BCUT2D eigenvalue weighted by atomic mass is 10.1. The van der Waals surface area contributed by atoms with Crippen LogP contribution < -0.4 is 15.2 Å². The number of benzene rings is 2. The van der Waals surface area contributed by atoms with Gasteiger partial charge in [0.15, 0.2) is 0 Å². The van der Waals surface area contributed by atoms with Crippen molar-refractivity contribution in [3.63, 3.8) is 0 Å². The van der Waals surface area contributed by atoms with E-state index in [1.54, 1.807) is 14.2 Å². The third-order valence-electron chi connectivity index (χ3n) is 3.99. The minimum absolute atomic E-state index is 0.134. The van der Waals surface area contributed by atoms with Gasteiger partial charge in [0, 0.05) is 24.2 Å². The van der Waals surface area contributed by atoms with Gasteiger partial charge in [0.25, 0.3) is 0 Å². The van der Waals surface area contributed by atoms with Gasteiger partial charge in [0.1, 0.15) is 17.3 Å². The van der Waals surface area contributed by atoms with Crippen LogP contribution in [0.2, 0.25) is 0 Å². The molecule has 1 heterocycles. The van der Waals surface area contributed by atoms with Crippen molar-refractivity contribution in [3.8, 4) is 22.9 Å². The Kier molecular flexibility index (Phi) is 4.21. The van der Waals surface area contributed by atoms with Crippen molar-refractivity contribution in [2.24, 2.45) is 5.73 Å². The number of nitrogens with two attached hydrogens (primary N) is 1. The zero-order valence-corrected chi connectivity index (χ0v) is 13.6. The summed E-state index contributed by atoms with van der Waals surface area (Å²) in [6.45, 7) is 2.63. The van der Waals surface area contributed by atoms with Crippen molar-refractivity contribution in [2.75, 3.05) is 20.8 Å². The first kappa shape index (κ1) is 15.4. The summed E-state index contributed by atoms with van der Waals surface area (Å²) in [4.78, 5) is 4.80. The van der Waals surface area contributed by atoms with Gasteiger partial charge in [-0.05, 0) is 31.2 Å². The van der Waals surface area contributed by atoms with Crippen molar-refractivity contribution in [2.45, 2.75) is 13.0 Å². The molecule has 2 N–H and O–H groups in total. The fraction of sp³-hybridized carbons (Fsp3) is 0.278. The minimum atomic E-state index is 0.134. The van der Waals surface area contributed by atoms with Gasteiger partial charge < -0.3 is 19.8 Å². The molecule has 1 aromatic heterocycles. The van der Waals surface area contributed by atoms with Gasteiger partial charge in [-0.2, -0.15) is 0 Å². The lowest BCUT2D eigenvalue weighted by molar-refractivity contribution is 0.394. The van der Waals surface area contributed by atoms with E-state index in [4.69, 9.17) is 20.2 Å². The predicted octanol–water partition coefficient (Wildman–Crippen LogP) is 3.24. The lowest BCUT2D eigenvalue weighted by Crippen LogP contribution is -2.16. The number of aromatic nitrogens is 2. The first-order valence-corrected chi connectivity index (χ1v) is 7.58. The summed E-state index contributed by atoms with van der Waals surface area (Å²) in [5, 5.41) is 0. The van der Waals surface area contributed by atoms with Crippen LogP contribution in [0.5, 0.6) is 11.5 Å². The fourth-order valence-electron chi connectivity index (χ4n) is 2.74. The lowest BCUT2D eigenvalue weighted by Gasteiger charge is -2.16. The van der Waals surface area contributed by atoms with Crippen molar-refractivity contribution in [1.82, 2.24) is 9.55 Å². The van der Waals surface area contributed by atoms with Crippen LogP contribution in [-0.4, -0.2) is 30.3 Å². The van der Waals surface area contributed by atoms with E-state index in [0.29, 0.717) is 6.54 Å². The molecule has 0 spiro atoms. The number of ether oxygens (including phenoxy) is 2. The highest BCUT2D eigenvalue weighted by Crippen LogP contribution is 2.33. The van der Waals surface area contributed by atoms with Gasteiger partial charge in [-0.3, -0.25) is 0 Å². The molecule has 0 radical (unpaired) electrons. The summed E-state index contributed by atoms with van der Waals surface area (Å²) >= 11 is 0.